The Morgan fingerprint density at radius 3 is 3.25 bits per heavy atom. The van der Waals surface area contributed by atoms with Crippen molar-refractivity contribution in [2.75, 3.05) is 19.7 Å². The number of hydrogen-bond donors (Lipinski definition) is 2. The molecule has 2 aromatic heterocycles. The maximum atomic E-state index is 12.2. The van der Waals surface area contributed by atoms with E-state index in [4.69, 9.17) is 5.11 Å². The average molecular weight is 292 g/mol. The molecule has 3 heterocycles. The molecule has 1 aliphatic rings. The lowest BCUT2D eigenvalue weighted by Gasteiger charge is -2.14. The van der Waals surface area contributed by atoms with Gasteiger partial charge in [-0.3, -0.25) is 14.9 Å². The highest BCUT2D eigenvalue weighted by molar-refractivity contribution is 7.11. The van der Waals surface area contributed by atoms with Crippen LogP contribution in [0.1, 0.15) is 33.4 Å². The molecule has 2 N–H and O–H groups in total. The van der Waals surface area contributed by atoms with Crippen molar-refractivity contribution in [3.8, 4) is 0 Å². The maximum Gasteiger partial charge on any atom is 0.265 e. The normalized spacial score (nSPS) is 18.6. The van der Waals surface area contributed by atoms with Gasteiger partial charge in [-0.2, -0.15) is 5.10 Å². The number of likely N-dealkylation sites (tertiary alicyclic amines) is 1. The van der Waals surface area contributed by atoms with Gasteiger partial charge in [-0.1, -0.05) is 0 Å². The van der Waals surface area contributed by atoms with E-state index < -0.39 is 0 Å². The van der Waals surface area contributed by atoms with Crippen LogP contribution in [0.4, 0.5) is 0 Å². The minimum Gasteiger partial charge on any atom is -0.396 e. The van der Waals surface area contributed by atoms with Crippen LogP contribution in [0.2, 0.25) is 0 Å². The number of aliphatic hydroxyl groups is 1. The third kappa shape index (κ3) is 2.59. The number of nitrogens with one attached hydrogen (secondary N) is 1. The predicted molar refractivity (Wildman–Crippen MR) is 74.8 cm³/mol. The van der Waals surface area contributed by atoms with E-state index in [1.54, 1.807) is 11.7 Å². The summed E-state index contributed by atoms with van der Waals surface area (Å²) >= 11 is 1.37. The Morgan fingerprint density at radius 1 is 1.60 bits per heavy atom. The van der Waals surface area contributed by atoms with E-state index in [1.807, 2.05) is 11.0 Å². The highest BCUT2D eigenvalue weighted by atomic mass is 32.1. The molecule has 0 bridgehead atoms. The zero-order valence-electron chi connectivity index (χ0n) is 11.0. The van der Waals surface area contributed by atoms with Crippen LogP contribution in [0.5, 0.6) is 0 Å². The number of thiazole rings is 1. The van der Waals surface area contributed by atoms with Crippen molar-refractivity contribution in [1.29, 1.82) is 0 Å². The fourth-order valence-corrected chi connectivity index (χ4v) is 3.09. The molecule has 0 saturated carbocycles. The van der Waals surface area contributed by atoms with E-state index in [0.29, 0.717) is 17.8 Å². The van der Waals surface area contributed by atoms with Crippen LogP contribution in [-0.4, -0.2) is 50.8 Å². The summed E-state index contributed by atoms with van der Waals surface area (Å²) in [5, 5.41) is 16.1. The largest absolute Gasteiger partial charge is 0.396 e. The standard InChI is InChI=1S/C13H16N4O2S/c18-4-2-10-5-11(16-15-10)9-1-3-17(7-9)13(19)12-6-14-8-20-12/h5-6,8-9,18H,1-4,7H2,(H,15,16). The minimum absolute atomic E-state index is 0.0566. The van der Waals surface area contributed by atoms with Crippen molar-refractivity contribution in [3.63, 3.8) is 0 Å². The molecule has 0 aliphatic carbocycles. The molecule has 106 valence electrons. The van der Waals surface area contributed by atoms with Gasteiger partial charge in [0.15, 0.2) is 0 Å². The molecule has 1 aliphatic heterocycles. The minimum atomic E-state index is 0.0566. The van der Waals surface area contributed by atoms with Crippen molar-refractivity contribution in [3.05, 3.63) is 34.0 Å². The van der Waals surface area contributed by atoms with Gasteiger partial charge in [0.25, 0.3) is 5.91 Å². The Morgan fingerprint density at radius 2 is 2.50 bits per heavy atom. The molecule has 1 amide bonds. The summed E-state index contributed by atoms with van der Waals surface area (Å²) in [6.45, 7) is 1.56. The van der Waals surface area contributed by atoms with Crippen molar-refractivity contribution >= 4 is 17.2 Å². The number of carbonyl (C=O) groups is 1. The third-order valence-corrected chi connectivity index (χ3v) is 4.33. The van der Waals surface area contributed by atoms with Gasteiger partial charge in [0.1, 0.15) is 4.88 Å². The van der Waals surface area contributed by atoms with Crippen molar-refractivity contribution in [2.24, 2.45) is 0 Å². The first-order valence-corrected chi connectivity index (χ1v) is 7.48. The molecule has 3 rings (SSSR count). The van der Waals surface area contributed by atoms with E-state index in [9.17, 15) is 4.79 Å². The number of nitrogens with zero attached hydrogens (tertiary/aromatic N) is 3. The van der Waals surface area contributed by atoms with Gasteiger partial charge >= 0.3 is 0 Å². The first-order valence-electron chi connectivity index (χ1n) is 6.60. The summed E-state index contributed by atoms with van der Waals surface area (Å²) in [7, 11) is 0. The van der Waals surface area contributed by atoms with Gasteiger partial charge < -0.3 is 10.0 Å². The molecule has 0 aromatic carbocycles. The second-order valence-electron chi connectivity index (χ2n) is 4.89. The number of rotatable bonds is 4. The second-order valence-corrected chi connectivity index (χ2v) is 5.78. The summed E-state index contributed by atoms with van der Waals surface area (Å²) in [5.41, 5.74) is 3.60. The van der Waals surface area contributed by atoms with E-state index in [-0.39, 0.29) is 18.4 Å². The van der Waals surface area contributed by atoms with Crippen molar-refractivity contribution < 1.29 is 9.90 Å². The number of H-pyrrole nitrogens is 1. The van der Waals surface area contributed by atoms with Crippen LogP contribution in [0.25, 0.3) is 0 Å². The van der Waals surface area contributed by atoms with Crippen LogP contribution >= 0.6 is 11.3 Å². The Balaban J connectivity index is 1.65. The van der Waals surface area contributed by atoms with E-state index in [2.05, 4.69) is 15.2 Å². The molecule has 1 fully saturated rings. The van der Waals surface area contributed by atoms with E-state index in [1.165, 1.54) is 11.3 Å². The molecule has 2 aromatic rings. The summed E-state index contributed by atoms with van der Waals surface area (Å²) in [6.07, 6.45) is 3.13. The number of hydrogen-bond acceptors (Lipinski definition) is 5. The van der Waals surface area contributed by atoms with Crippen molar-refractivity contribution in [2.45, 2.75) is 18.8 Å². The second kappa shape index (κ2) is 5.72. The molecule has 6 nitrogen and oxygen atoms in total. The van der Waals surface area contributed by atoms with Crippen LogP contribution in [0.15, 0.2) is 17.8 Å². The fourth-order valence-electron chi connectivity index (χ4n) is 2.50. The lowest BCUT2D eigenvalue weighted by atomic mass is 10.0. The number of aromatic nitrogens is 3. The fraction of sp³-hybridized carbons (Fsp3) is 0.462. The van der Waals surface area contributed by atoms with Crippen LogP contribution in [-0.2, 0) is 6.42 Å². The zero-order chi connectivity index (χ0) is 13.9. The molecule has 7 heteroatoms. The Kier molecular flexibility index (Phi) is 3.79. The number of amides is 1. The molecule has 1 unspecified atom stereocenters. The number of aromatic amines is 1. The van der Waals surface area contributed by atoms with Gasteiger partial charge in [-0.25, -0.2) is 0 Å². The summed E-state index contributed by atoms with van der Waals surface area (Å²) < 4.78 is 0. The Labute approximate surface area is 120 Å². The van der Waals surface area contributed by atoms with Gasteiger partial charge in [-0.05, 0) is 12.5 Å². The summed E-state index contributed by atoms with van der Waals surface area (Å²) in [6, 6.07) is 1.99. The maximum absolute atomic E-state index is 12.2. The van der Waals surface area contributed by atoms with Gasteiger partial charge in [0, 0.05) is 37.7 Å². The quantitative estimate of drug-likeness (QED) is 0.882. The number of aliphatic hydroxyl groups excluding tert-OH is 1. The highest BCUT2D eigenvalue weighted by Gasteiger charge is 2.29. The van der Waals surface area contributed by atoms with Crippen LogP contribution < -0.4 is 0 Å². The monoisotopic (exact) mass is 292 g/mol. The van der Waals surface area contributed by atoms with Gasteiger partial charge in [0.05, 0.1) is 17.4 Å². The Bertz CT molecular complexity index is 581. The molecule has 1 saturated heterocycles. The molecule has 1 atom stereocenters. The van der Waals surface area contributed by atoms with Gasteiger partial charge in [-0.15, -0.1) is 11.3 Å². The molecule has 0 radical (unpaired) electrons. The molecule has 0 spiro atoms. The van der Waals surface area contributed by atoms with E-state index >= 15 is 0 Å². The SMILES string of the molecule is O=C(c1cncs1)N1CCC(c2cc(CCO)[nH]n2)C1. The average Bonchev–Trinajstić information content (AvgIpc) is 3.19. The van der Waals surface area contributed by atoms with Crippen LogP contribution in [0, 0.1) is 0 Å². The summed E-state index contributed by atoms with van der Waals surface area (Å²) in [4.78, 5) is 18.7. The first kappa shape index (κ1) is 13.3. The Hall–Kier alpha value is -1.73. The lowest BCUT2D eigenvalue weighted by Crippen LogP contribution is -2.27. The first-order chi connectivity index (χ1) is 9.78. The zero-order valence-corrected chi connectivity index (χ0v) is 11.8. The third-order valence-electron chi connectivity index (χ3n) is 3.57. The smallest absolute Gasteiger partial charge is 0.265 e. The topological polar surface area (TPSA) is 82.1 Å². The lowest BCUT2D eigenvalue weighted by molar-refractivity contribution is 0.0795. The number of carbonyl (C=O) groups excluding carboxylic acids is 1. The molecular weight excluding hydrogens is 276 g/mol. The van der Waals surface area contributed by atoms with Crippen molar-refractivity contribution in [1.82, 2.24) is 20.1 Å². The molecule has 20 heavy (non-hydrogen) atoms. The highest BCUT2D eigenvalue weighted by Crippen LogP contribution is 2.27. The van der Waals surface area contributed by atoms with Crippen LogP contribution in [0.3, 0.4) is 0 Å². The molecular formula is C13H16N4O2S. The predicted octanol–water partition coefficient (Wildman–Crippen LogP) is 1.03. The van der Waals surface area contributed by atoms with E-state index in [0.717, 1.165) is 24.4 Å². The summed E-state index contributed by atoms with van der Waals surface area (Å²) in [5.74, 6) is 0.330. The van der Waals surface area contributed by atoms with Gasteiger partial charge in [0.2, 0.25) is 0 Å².